The topological polar surface area (TPSA) is 64.9 Å². The Balaban J connectivity index is 1.21. The zero-order valence-corrected chi connectivity index (χ0v) is 31.5. The van der Waals surface area contributed by atoms with Crippen molar-refractivity contribution in [3.05, 3.63) is 155 Å². The zero-order valence-electron chi connectivity index (χ0n) is 31.5. The maximum atomic E-state index is 6.13. The van der Waals surface area contributed by atoms with Crippen LogP contribution in [0.1, 0.15) is 79.9 Å². The van der Waals surface area contributed by atoms with Crippen LogP contribution in [0.25, 0.3) is 43.6 Å². The lowest BCUT2D eigenvalue weighted by Crippen LogP contribution is -2.27. The molecule has 4 aromatic heterocycles. The molecule has 0 aliphatic heterocycles. The van der Waals surface area contributed by atoms with Crippen LogP contribution in [0.2, 0.25) is 0 Å². The van der Waals surface area contributed by atoms with Crippen LogP contribution in [0.3, 0.4) is 0 Å². The maximum Gasteiger partial charge on any atom is 0.0716 e. The molecule has 0 spiro atoms. The Kier molecular flexibility index (Phi) is 9.82. The van der Waals surface area contributed by atoms with Gasteiger partial charge in [0.25, 0.3) is 0 Å². The fourth-order valence-electron chi connectivity index (χ4n) is 8.13. The number of fused-ring (bicyclic) bond motifs is 6. The molecule has 0 saturated carbocycles. The van der Waals surface area contributed by atoms with E-state index < -0.39 is 0 Å². The Morgan fingerprint density at radius 1 is 0.547 bits per heavy atom. The summed E-state index contributed by atoms with van der Waals surface area (Å²) in [6.07, 6.45) is 0.908. The van der Waals surface area contributed by atoms with Crippen LogP contribution >= 0.6 is 0 Å². The van der Waals surface area contributed by atoms with E-state index in [1.807, 2.05) is 0 Å². The fraction of sp³-hybridized carbons (Fsp3) is 0.277. The first kappa shape index (κ1) is 34.8. The standard InChI is InChI=1S/C47H50N6/c1-32(2)44-46-40(38-20-11-13-22-42(38)52(46)28-34-16-7-5-8-17-34)26-36(49-44)30-51(25-15-24-48)31-37-27-41-39-21-12-14-23-43(39)53(29-35-18-9-6-10-19-35)47(41)45(50-37)33(3)4/h5-14,16-23,26-27,32-33H,15,24-25,28-31,48H2,1-4H3. The van der Waals surface area contributed by atoms with Crippen LogP contribution in [0.5, 0.6) is 0 Å². The predicted molar refractivity (Wildman–Crippen MR) is 222 cm³/mol. The molecule has 53 heavy (non-hydrogen) atoms. The molecule has 0 fully saturated rings. The highest BCUT2D eigenvalue weighted by Crippen LogP contribution is 2.37. The van der Waals surface area contributed by atoms with Crippen molar-refractivity contribution < 1.29 is 0 Å². The second-order valence-corrected chi connectivity index (χ2v) is 15.1. The number of pyridine rings is 2. The largest absolute Gasteiger partial charge is 0.334 e. The SMILES string of the molecule is CC(C)c1nc(CN(CCCN)Cc2cc3c4ccccc4n(Cc4ccccc4)c3c(C(C)C)n2)cc2c3ccccc3n(Cc3ccccc3)c12. The summed E-state index contributed by atoms with van der Waals surface area (Å²) in [6.45, 7) is 13.6. The number of benzene rings is 4. The molecule has 0 bridgehead atoms. The number of rotatable bonds is 13. The van der Waals surface area contributed by atoms with E-state index in [9.17, 15) is 0 Å². The Labute approximate surface area is 312 Å². The van der Waals surface area contributed by atoms with Crippen LogP contribution in [0.4, 0.5) is 0 Å². The molecule has 6 nitrogen and oxygen atoms in total. The van der Waals surface area contributed by atoms with Crippen molar-refractivity contribution in [2.24, 2.45) is 5.73 Å². The van der Waals surface area contributed by atoms with Crippen LogP contribution in [0, 0.1) is 0 Å². The van der Waals surface area contributed by atoms with E-state index in [2.05, 4.69) is 163 Å². The van der Waals surface area contributed by atoms with Crippen molar-refractivity contribution >= 4 is 43.6 Å². The van der Waals surface area contributed by atoms with Gasteiger partial charge in [-0.25, -0.2) is 0 Å². The Morgan fingerprint density at radius 3 is 1.38 bits per heavy atom. The smallest absolute Gasteiger partial charge is 0.0716 e. The predicted octanol–water partition coefficient (Wildman–Crippen LogP) is 10.4. The fourth-order valence-corrected chi connectivity index (χ4v) is 8.13. The van der Waals surface area contributed by atoms with E-state index in [1.165, 1.54) is 54.7 Å². The van der Waals surface area contributed by atoms with Gasteiger partial charge >= 0.3 is 0 Å². The highest BCUT2D eigenvalue weighted by Gasteiger charge is 2.22. The van der Waals surface area contributed by atoms with Gasteiger partial charge in [0.1, 0.15) is 0 Å². The van der Waals surface area contributed by atoms with Gasteiger partial charge in [0.05, 0.1) is 33.8 Å². The summed E-state index contributed by atoms with van der Waals surface area (Å²) in [7, 11) is 0. The van der Waals surface area contributed by atoms with E-state index in [-0.39, 0.29) is 11.8 Å². The van der Waals surface area contributed by atoms with Crippen LogP contribution < -0.4 is 5.73 Å². The molecule has 0 atom stereocenters. The molecule has 0 unspecified atom stereocenters. The molecule has 4 heterocycles. The first-order valence-corrected chi connectivity index (χ1v) is 19.2. The lowest BCUT2D eigenvalue weighted by Gasteiger charge is -2.23. The molecule has 268 valence electrons. The molecule has 8 rings (SSSR count). The van der Waals surface area contributed by atoms with E-state index in [0.717, 1.165) is 61.9 Å². The number of aromatic nitrogens is 4. The molecule has 6 heteroatoms. The van der Waals surface area contributed by atoms with E-state index in [0.29, 0.717) is 6.54 Å². The van der Waals surface area contributed by atoms with Gasteiger partial charge in [-0.2, -0.15) is 0 Å². The molecule has 0 aliphatic carbocycles. The van der Waals surface area contributed by atoms with Gasteiger partial charge in [0, 0.05) is 65.3 Å². The number of para-hydroxylation sites is 2. The van der Waals surface area contributed by atoms with Gasteiger partial charge < -0.3 is 14.9 Å². The highest BCUT2D eigenvalue weighted by molar-refractivity contribution is 6.10. The Hall–Kier alpha value is -5.30. The van der Waals surface area contributed by atoms with Crippen LogP contribution in [-0.2, 0) is 26.2 Å². The number of nitrogens with zero attached hydrogens (tertiary/aromatic N) is 5. The average molecular weight is 699 g/mol. The van der Waals surface area contributed by atoms with Gasteiger partial charge in [-0.15, -0.1) is 0 Å². The molecule has 0 amide bonds. The van der Waals surface area contributed by atoms with Crippen LogP contribution in [-0.4, -0.2) is 37.1 Å². The van der Waals surface area contributed by atoms with Crippen molar-refractivity contribution in [2.75, 3.05) is 13.1 Å². The van der Waals surface area contributed by atoms with Gasteiger partial charge in [0.2, 0.25) is 0 Å². The van der Waals surface area contributed by atoms with Gasteiger partial charge in [-0.05, 0) is 60.2 Å². The summed E-state index contributed by atoms with van der Waals surface area (Å²) in [5, 5.41) is 5.10. The van der Waals surface area contributed by atoms with E-state index in [1.54, 1.807) is 0 Å². The Morgan fingerprint density at radius 2 is 0.962 bits per heavy atom. The molecule has 0 radical (unpaired) electrons. The number of hydrogen-bond acceptors (Lipinski definition) is 4. The van der Waals surface area contributed by atoms with Gasteiger partial charge in [-0.1, -0.05) is 125 Å². The molecule has 4 aromatic carbocycles. The lowest BCUT2D eigenvalue weighted by atomic mass is 10.0. The molecule has 0 aliphatic rings. The van der Waals surface area contributed by atoms with Crippen molar-refractivity contribution in [1.82, 2.24) is 24.0 Å². The third-order valence-electron chi connectivity index (χ3n) is 10.6. The second-order valence-electron chi connectivity index (χ2n) is 15.1. The first-order valence-electron chi connectivity index (χ1n) is 19.2. The van der Waals surface area contributed by atoms with E-state index >= 15 is 0 Å². The summed E-state index contributed by atoms with van der Waals surface area (Å²) in [5.41, 5.74) is 18.2. The molecular weight excluding hydrogens is 649 g/mol. The summed E-state index contributed by atoms with van der Waals surface area (Å²) >= 11 is 0. The maximum absolute atomic E-state index is 6.13. The molecular formula is C47H50N6. The second kappa shape index (κ2) is 15.0. The van der Waals surface area contributed by atoms with Crippen molar-refractivity contribution in [2.45, 2.75) is 72.1 Å². The van der Waals surface area contributed by atoms with Crippen molar-refractivity contribution in [3.63, 3.8) is 0 Å². The van der Waals surface area contributed by atoms with Crippen molar-refractivity contribution in [3.8, 4) is 0 Å². The monoisotopic (exact) mass is 698 g/mol. The summed E-state index contributed by atoms with van der Waals surface area (Å²) < 4.78 is 4.94. The van der Waals surface area contributed by atoms with E-state index in [4.69, 9.17) is 15.7 Å². The molecule has 2 N–H and O–H groups in total. The molecule has 8 aromatic rings. The average Bonchev–Trinajstić information content (AvgIpc) is 3.66. The third kappa shape index (κ3) is 6.85. The molecule has 0 saturated heterocycles. The van der Waals surface area contributed by atoms with Gasteiger partial charge in [-0.3, -0.25) is 14.9 Å². The van der Waals surface area contributed by atoms with Crippen molar-refractivity contribution in [1.29, 1.82) is 0 Å². The minimum Gasteiger partial charge on any atom is -0.334 e. The zero-order chi connectivity index (χ0) is 36.5. The van der Waals surface area contributed by atoms with Crippen LogP contribution in [0.15, 0.2) is 121 Å². The summed E-state index contributed by atoms with van der Waals surface area (Å²) in [6, 6.07) is 43.8. The summed E-state index contributed by atoms with van der Waals surface area (Å²) in [4.78, 5) is 13.4. The highest BCUT2D eigenvalue weighted by atomic mass is 15.1. The Bertz CT molecular complexity index is 2340. The number of hydrogen-bond donors (Lipinski definition) is 1. The normalized spacial score (nSPS) is 12.2. The van der Waals surface area contributed by atoms with Gasteiger partial charge in [0.15, 0.2) is 0 Å². The lowest BCUT2D eigenvalue weighted by molar-refractivity contribution is 0.249. The first-order chi connectivity index (χ1) is 25.9. The minimum atomic E-state index is 0.264. The minimum absolute atomic E-state index is 0.264. The number of nitrogens with two attached hydrogens (primary N) is 1. The third-order valence-corrected chi connectivity index (χ3v) is 10.6. The summed E-state index contributed by atoms with van der Waals surface area (Å²) in [5.74, 6) is 0.527. The quantitative estimate of drug-likeness (QED) is 0.130.